The molecule has 1 heterocycles. The van der Waals surface area contributed by atoms with Gasteiger partial charge in [0.05, 0.1) is 0 Å². The second kappa shape index (κ2) is 10.3. The number of guanidine groups is 1. The van der Waals surface area contributed by atoms with E-state index in [1.807, 2.05) is 29.0 Å². The van der Waals surface area contributed by atoms with Crippen molar-refractivity contribution in [1.29, 1.82) is 0 Å². The maximum absolute atomic E-state index is 14.8. The molecule has 1 fully saturated rings. The van der Waals surface area contributed by atoms with E-state index >= 15 is 0 Å². The van der Waals surface area contributed by atoms with Crippen molar-refractivity contribution in [2.45, 2.75) is 6.54 Å². The van der Waals surface area contributed by atoms with Crippen LogP contribution in [0.5, 0.6) is 5.75 Å². The Bertz CT molecular complexity index is 965. The molecule has 1 aliphatic heterocycles. The first-order valence-corrected chi connectivity index (χ1v) is 12.0. The quantitative estimate of drug-likeness (QED) is 0.220. The Kier molecular flexibility index (Phi) is 7.75. The van der Waals surface area contributed by atoms with Gasteiger partial charge in [-0.05, 0) is 0 Å². The number of ether oxygens (including phenoxy) is 1. The van der Waals surface area contributed by atoms with Crippen LogP contribution in [-0.4, -0.2) is 80.2 Å². The van der Waals surface area contributed by atoms with E-state index in [4.69, 9.17) is 4.74 Å². The summed E-state index contributed by atoms with van der Waals surface area (Å²) in [5, 5.41) is 0. The molecule has 0 spiro atoms. The van der Waals surface area contributed by atoms with Crippen LogP contribution in [0.2, 0.25) is 0 Å². The molecule has 0 aliphatic carbocycles. The van der Waals surface area contributed by atoms with Crippen LogP contribution < -0.4 is 25.9 Å². The van der Waals surface area contributed by atoms with Crippen molar-refractivity contribution in [3.63, 3.8) is 0 Å². The van der Waals surface area contributed by atoms with Crippen LogP contribution in [0.25, 0.3) is 0 Å². The van der Waals surface area contributed by atoms with Crippen molar-refractivity contribution in [2.24, 2.45) is 4.99 Å². The molecule has 1 saturated heterocycles. The van der Waals surface area contributed by atoms with Gasteiger partial charge in [-0.3, -0.25) is 0 Å². The Morgan fingerprint density at radius 2 is 1.69 bits per heavy atom. The summed E-state index contributed by atoms with van der Waals surface area (Å²) in [6.07, 6.45) is 0. The van der Waals surface area contributed by atoms with E-state index in [1.165, 1.54) is 12.1 Å². The minimum atomic E-state index is -1.00. The predicted molar refractivity (Wildman–Crippen MR) is 114 cm³/mol. The van der Waals surface area contributed by atoms with Gasteiger partial charge in [0.2, 0.25) is 0 Å². The van der Waals surface area contributed by atoms with Gasteiger partial charge < -0.3 is 0 Å². The van der Waals surface area contributed by atoms with Gasteiger partial charge in [0.15, 0.2) is 0 Å². The molecule has 0 unspecified atom stereocenters. The number of nitrogens with zero attached hydrogens (tertiary/aromatic N) is 5. The van der Waals surface area contributed by atoms with Gasteiger partial charge in [0.1, 0.15) is 0 Å². The Morgan fingerprint density at radius 1 is 1.12 bits per heavy atom. The first-order valence-electron chi connectivity index (χ1n) is 9.89. The molecule has 0 atom stereocenters. The molecule has 0 aromatic heterocycles. The molecule has 10 heteroatoms. The third-order valence-electron chi connectivity index (χ3n) is 4.96. The van der Waals surface area contributed by atoms with Gasteiger partial charge in [0.25, 0.3) is 0 Å². The number of methoxy groups -OCH3 is 1. The third kappa shape index (κ3) is 5.40. The number of urea groups is 1. The fourth-order valence-electron chi connectivity index (χ4n) is 3.53. The second-order valence-electron chi connectivity index (χ2n) is 7.51. The van der Waals surface area contributed by atoms with Gasteiger partial charge in [-0.2, -0.15) is 0 Å². The van der Waals surface area contributed by atoms with Crippen molar-refractivity contribution in [2.75, 3.05) is 48.6 Å². The first kappa shape index (κ1) is 24.0. The standard InChI is InChI=1S/C22H27F2IN5O2/c1-26-21(30-13-28(3)22(31)29(4)14-30)27(2)12-15-10-18(23)20(19(24)11-15)25-16-6-8-17(32-5)9-7-16/h6-11H,12-14H2,1-5H3/q-1. The average Bonchev–Trinajstić information content (AvgIpc) is 2.75. The molecule has 2 amide bonds. The first-order chi connectivity index (χ1) is 15.2. The summed E-state index contributed by atoms with van der Waals surface area (Å²) >= 11 is -1.00. The van der Waals surface area contributed by atoms with Gasteiger partial charge in [0, 0.05) is 0 Å². The van der Waals surface area contributed by atoms with E-state index in [0.717, 1.165) is 3.57 Å². The Hall–Kier alpha value is -2.63. The molecular weight excluding hydrogens is 531 g/mol. The number of carbonyl (C=O) groups is 1. The fourth-order valence-corrected chi connectivity index (χ4v) is 5.69. The second-order valence-corrected chi connectivity index (χ2v) is 10.4. The summed E-state index contributed by atoms with van der Waals surface area (Å²) in [6, 6.07) is 9.99. The molecule has 7 nitrogen and oxygen atoms in total. The summed E-state index contributed by atoms with van der Waals surface area (Å²) in [7, 11) is 8.48. The molecule has 2 aromatic rings. The summed E-state index contributed by atoms with van der Waals surface area (Å²) in [6.45, 7) is 1.04. The number of aliphatic imine (C=N–C) groups is 1. The predicted octanol–water partition coefficient (Wildman–Crippen LogP) is -0.266. The summed E-state index contributed by atoms with van der Waals surface area (Å²) in [4.78, 5) is 23.3. The molecule has 0 radical (unpaired) electrons. The monoisotopic (exact) mass is 558 g/mol. The van der Waals surface area contributed by atoms with Gasteiger partial charge in [-0.1, -0.05) is 0 Å². The van der Waals surface area contributed by atoms with Crippen LogP contribution >= 0.6 is 0 Å². The van der Waals surface area contributed by atoms with Crippen LogP contribution in [0.3, 0.4) is 0 Å². The van der Waals surface area contributed by atoms with Gasteiger partial charge in [-0.25, -0.2) is 0 Å². The third-order valence-corrected chi connectivity index (χ3v) is 7.87. The summed E-state index contributed by atoms with van der Waals surface area (Å²) < 4.78 is 35.8. The van der Waals surface area contributed by atoms with Crippen LogP contribution in [-0.2, 0) is 6.54 Å². The molecule has 0 N–H and O–H groups in total. The zero-order chi connectivity index (χ0) is 23.4. The summed E-state index contributed by atoms with van der Waals surface area (Å²) in [5.41, 5.74) is 0.515. The molecule has 32 heavy (non-hydrogen) atoms. The molecule has 174 valence electrons. The fraction of sp³-hybridized carbons (Fsp3) is 0.364. The number of benzene rings is 2. The average molecular weight is 558 g/mol. The summed E-state index contributed by atoms with van der Waals surface area (Å²) in [5.74, 6) is 0.276. The van der Waals surface area contributed by atoms with E-state index in [2.05, 4.69) is 4.99 Å². The number of carbonyl (C=O) groups excluding carboxylic acids is 1. The van der Waals surface area contributed by atoms with E-state index in [1.54, 1.807) is 50.2 Å². The molecule has 2 aromatic carbocycles. The van der Waals surface area contributed by atoms with E-state index in [9.17, 15) is 13.6 Å². The van der Waals surface area contributed by atoms with E-state index < -0.39 is 32.8 Å². The minimum absolute atomic E-state index is 0.0701. The molecule has 3 rings (SSSR count). The SMILES string of the molecule is CN=C(N(C)Cc1cc(F)c([I-]c2ccc(OC)cc2)c(F)c1)N1CN(C)C(=O)N(C)C1. The Morgan fingerprint density at radius 3 is 2.19 bits per heavy atom. The van der Waals surface area contributed by atoms with Gasteiger partial charge >= 0.3 is 198 Å². The van der Waals surface area contributed by atoms with E-state index in [-0.39, 0.29) is 16.1 Å². The van der Waals surface area contributed by atoms with Crippen LogP contribution in [0.15, 0.2) is 41.4 Å². The molecular formula is C22H27F2IN5O2-. The Balaban J connectivity index is 1.73. The van der Waals surface area contributed by atoms with E-state index in [0.29, 0.717) is 30.6 Å². The normalized spacial score (nSPS) is 14.9. The van der Waals surface area contributed by atoms with Crippen LogP contribution in [0.4, 0.5) is 13.6 Å². The topological polar surface area (TPSA) is 51.6 Å². The zero-order valence-corrected chi connectivity index (χ0v) is 20.9. The number of hydrogen-bond donors (Lipinski definition) is 0. The number of amides is 2. The van der Waals surface area contributed by atoms with Crippen molar-refractivity contribution in [1.82, 2.24) is 19.6 Å². The molecule has 0 bridgehead atoms. The number of halogens is 3. The zero-order valence-electron chi connectivity index (χ0n) is 18.8. The van der Waals surface area contributed by atoms with Crippen molar-refractivity contribution < 1.29 is 39.5 Å². The number of hydrogen-bond acceptors (Lipinski definition) is 3. The maximum atomic E-state index is 14.8. The molecule has 0 saturated carbocycles. The van der Waals surface area contributed by atoms with Crippen LogP contribution in [0, 0.1) is 18.8 Å². The van der Waals surface area contributed by atoms with Gasteiger partial charge in [-0.15, -0.1) is 0 Å². The van der Waals surface area contributed by atoms with Crippen molar-refractivity contribution >= 4 is 12.0 Å². The number of rotatable bonds is 5. The van der Waals surface area contributed by atoms with Crippen molar-refractivity contribution in [3.8, 4) is 5.75 Å². The Labute approximate surface area is 197 Å². The van der Waals surface area contributed by atoms with Crippen molar-refractivity contribution in [3.05, 3.63) is 60.7 Å². The molecule has 1 aliphatic rings. The van der Waals surface area contributed by atoms with Crippen LogP contribution in [0.1, 0.15) is 5.56 Å².